The van der Waals surface area contributed by atoms with Crippen molar-refractivity contribution in [1.29, 1.82) is 0 Å². The molecule has 1 saturated carbocycles. The number of amides is 2. The highest BCUT2D eigenvalue weighted by molar-refractivity contribution is 5.74. The van der Waals surface area contributed by atoms with Crippen LogP contribution in [0.5, 0.6) is 0 Å². The first-order valence-corrected chi connectivity index (χ1v) is 6.15. The Morgan fingerprint density at radius 3 is 2.63 bits per heavy atom. The molecule has 0 unspecified atom stereocenters. The van der Waals surface area contributed by atoms with Crippen molar-refractivity contribution < 1.29 is 18.0 Å². The molecule has 0 radical (unpaired) electrons. The summed E-state index contributed by atoms with van der Waals surface area (Å²) in [5.41, 5.74) is -0.273. The predicted molar refractivity (Wildman–Crippen MR) is 64.5 cm³/mol. The Morgan fingerprint density at radius 1 is 1.32 bits per heavy atom. The molecule has 0 heterocycles. The summed E-state index contributed by atoms with van der Waals surface area (Å²) in [6.45, 7) is 0.0858. The van der Waals surface area contributed by atoms with Crippen LogP contribution in [-0.4, -0.2) is 12.1 Å². The summed E-state index contributed by atoms with van der Waals surface area (Å²) < 4.78 is 37.5. The van der Waals surface area contributed by atoms with Crippen LogP contribution in [0, 0.1) is 0 Å². The van der Waals surface area contributed by atoms with Crippen LogP contribution in [0.2, 0.25) is 0 Å². The van der Waals surface area contributed by atoms with Crippen molar-refractivity contribution in [1.82, 2.24) is 10.6 Å². The number of urea groups is 1. The monoisotopic (exact) mass is 272 g/mol. The molecule has 1 aromatic rings. The summed E-state index contributed by atoms with van der Waals surface area (Å²) in [5, 5.41) is 5.32. The van der Waals surface area contributed by atoms with Crippen LogP contribution in [-0.2, 0) is 12.7 Å². The molecule has 2 N–H and O–H groups in total. The first kappa shape index (κ1) is 13.7. The minimum Gasteiger partial charge on any atom is -0.335 e. The van der Waals surface area contributed by atoms with E-state index >= 15 is 0 Å². The first-order valence-electron chi connectivity index (χ1n) is 6.15. The molecule has 104 valence electrons. The van der Waals surface area contributed by atoms with Crippen LogP contribution in [0.3, 0.4) is 0 Å². The van der Waals surface area contributed by atoms with E-state index in [2.05, 4.69) is 10.6 Å². The Morgan fingerprint density at radius 2 is 2.05 bits per heavy atom. The molecular formula is C13H15F3N2O. The largest absolute Gasteiger partial charge is 0.416 e. The van der Waals surface area contributed by atoms with Gasteiger partial charge in [-0.1, -0.05) is 12.1 Å². The van der Waals surface area contributed by atoms with E-state index in [1.54, 1.807) is 6.07 Å². The van der Waals surface area contributed by atoms with Gasteiger partial charge in [0.05, 0.1) is 5.56 Å². The van der Waals surface area contributed by atoms with Gasteiger partial charge in [-0.3, -0.25) is 0 Å². The van der Waals surface area contributed by atoms with E-state index in [-0.39, 0.29) is 18.6 Å². The number of hydrogen-bond donors (Lipinski definition) is 2. The standard InChI is InChI=1S/C13H15F3N2O/c14-13(15,16)10-4-1-3-9(7-10)8-17-12(19)18-11-5-2-6-11/h1,3-4,7,11H,2,5-6,8H2,(H2,17,18,19). The third kappa shape index (κ3) is 3.87. The van der Waals surface area contributed by atoms with Crippen LogP contribution in [0.25, 0.3) is 0 Å². The lowest BCUT2D eigenvalue weighted by molar-refractivity contribution is -0.137. The smallest absolute Gasteiger partial charge is 0.335 e. The molecular weight excluding hydrogens is 257 g/mol. The van der Waals surface area contributed by atoms with Gasteiger partial charge in [-0.15, -0.1) is 0 Å². The number of rotatable bonds is 3. The zero-order chi connectivity index (χ0) is 13.9. The molecule has 1 aliphatic rings. The molecule has 3 nitrogen and oxygen atoms in total. The summed E-state index contributed by atoms with van der Waals surface area (Å²) in [6.07, 6.45) is -1.31. The second-order valence-corrected chi connectivity index (χ2v) is 4.65. The highest BCUT2D eigenvalue weighted by Gasteiger charge is 2.30. The highest BCUT2D eigenvalue weighted by atomic mass is 19.4. The normalized spacial score (nSPS) is 15.7. The van der Waals surface area contributed by atoms with Gasteiger partial charge in [0.25, 0.3) is 0 Å². The van der Waals surface area contributed by atoms with Gasteiger partial charge in [-0.25, -0.2) is 4.79 Å². The number of carbonyl (C=O) groups excluding carboxylic acids is 1. The summed E-state index contributed by atoms with van der Waals surface area (Å²) in [7, 11) is 0. The zero-order valence-corrected chi connectivity index (χ0v) is 10.3. The summed E-state index contributed by atoms with van der Waals surface area (Å²) in [5.74, 6) is 0. The number of hydrogen-bond acceptors (Lipinski definition) is 1. The predicted octanol–water partition coefficient (Wildman–Crippen LogP) is 3.06. The molecule has 0 spiro atoms. The third-order valence-corrected chi connectivity index (χ3v) is 3.15. The van der Waals surface area contributed by atoms with Crippen LogP contribution in [0.1, 0.15) is 30.4 Å². The van der Waals surface area contributed by atoms with Gasteiger partial charge in [0.1, 0.15) is 0 Å². The lowest BCUT2D eigenvalue weighted by Crippen LogP contribution is -2.44. The molecule has 0 saturated heterocycles. The number of benzene rings is 1. The van der Waals surface area contributed by atoms with E-state index in [9.17, 15) is 18.0 Å². The Labute approximate surface area is 109 Å². The second-order valence-electron chi connectivity index (χ2n) is 4.65. The van der Waals surface area contributed by atoms with Crippen molar-refractivity contribution in [3.8, 4) is 0 Å². The van der Waals surface area contributed by atoms with E-state index in [1.807, 2.05) is 0 Å². The second kappa shape index (κ2) is 5.50. The Kier molecular flexibility index (Phi) is 3.97. The molecule has 1 aliphatic carbocycles. The maximum absolute atomic E-state index is 12.5. The summed E-state index contributed by atoms with van der Waals surface area (Å²) >= 11 is 0. The molecule has 1 aromatic carbocycles. The maximum atomic E-state index is 12.5. The fourth-order valence-electron chi connectivity index (χ4n) is 1.83. The Hall–Kier alpha value is -1.72. The van der Waals surface area contributed by atoms with Gasteiger partial charge >= 0.3 is 12.2 Å². The molecule has 1 fully saturated rings. The molecule has 0 aliphatic heterocycles. The van der Waals surface area contributed by atoms with Crippen LogP contribution < -0.4 is 10.6 Å². The minimum absolute atomic E-state index is 0.0858. The van der Waals surface area contributed by atoms with E-state index in [0.29, 0.717) is 5.56 Å². The van der Waals surface area contributed by atoms with Crippen molar-refractivity contribution in [2.45, 2.75) is 38.0 Å². The van der Waals surface area contributed by atoms with Gasteiger partial charge in [0.15, 0.2) is 0 Å². The number of carbonyl (C=O) groups is 1. The first-order chi connectivity index (χ1) is 8.95. The number of halogens is 3. The maximum Gasteiger partial charge on any atom is 0.416 e. The van der Waals surface area contributed by atoms with Gasteiger partial charge in [0.2, 0.25) is 0 Å². The van der Waals surface area contributed by atoms with E-state index in [0.717, 1.165) is 31.4 Å². The number of nitrogens with one attached hydrogen (secondary N) is 2. The Balaban J connectivity index is 1.86. The topological polar surface area (TPSA) is 41.1 Å². The molecule has 2 rings (SSSR count). The van der Waals surface area contributed by atoms with Gasteiger partial charge in [-0.05, 0) is 37.0 Å². The minimum atomic E-state index is -4.36. The average Bonchev–Trinajstić information content (AvgIpc) is 2.31. The van der Waals surface area contributed by atoms with Crippen molar-refractivity contribution in [2.75, 3.05) is 0 Å². The van der Waals surface area contributed by atoms with E-state index in [4.69, 9.17) is 0 Å². The number of alkyl halides is 3. The van der Waals surface area contributed by atoms with Crippen LogP contribution in [0.4, 0.5) is 18.0 Å². The van der Waals surface area contributed by atoms with Gasteiger partial charge in [-0.2, -0.15) is 13.2 Å². The van der Waals surface area contributed by atoms with E-state index in [1.165, 1.54) is 6.07 Å². The van der Waals surface area contributed by atoms with E-state index < -0.39 is 11.7 Å². The van der Waals surface area contributed by atoms with Crippen molar-refractivity contribution in [2.24, 2.45) is 0 Å². The quantitative estimate of drug-likeness (QED) is 0.872. The lowest BCUT2D eigenvalue weighted by Gasteiger charge is -2.26. The summed E-state index contributed by atoms with van der Waals surface area (Å²) in [6, 6.07) is 4.83. The molecule has 0 atom stereocenters. The SMILES string of the molecule is O=C(NCc1cccc(C(F)(F)F)c1)NC1CCC1. The molecule has 2 amide bonds. The molecule has 0 aromatic heterocycles. The van der Waals surface area contributed by atoms with Gasteiger partial charge < -0.3 is 10.6 Å². The van der Waals surface area contributed by atoms with Gasteiger partial charge in [0, 0.05) is 12.6 Å². The highest BCUT2D eigenvalue weighted by Crippen LogP contribution is 2.29. The van der Waals surface area contributed by atoms with Crippen molar-refractivity contribution in [3.05, 3.63) is 35.4 Å². The molecule has 0 bridgehead atoms. The third-order valence-electron chi connectivity index (χ3n) is 3.15. The molecule has 6 heteroatoms. The lowest BCUT2D eigenvalue weighted by atomic mass is 9.93. The van der Waals surface area contributed by atoms with Crippen molar-refractivity contribution in [3.63, 3.8) is 0 Å². The van der Waals surface area contributed by atoms with Crippen LogP contribution in [0.15, 0.2) is 24.3 Å². The van der Waals surface area contributed by atoms with Crippen LogP contribution >= 0.6 is 0 Å². The van der Waals surface area contributed by atoms with Crippen molar-refractivity contribution >= 4 is 6.03 Å². The zero-order valence-electron chi connectivity index (χ0n) is 10.3. The average molecular weight is 272 g/mol. The summed E-state index contributed by atoms with van der Waals surface area (Å²) in [4.78, 5) is 11.5. The fourth-order valence-corrected chi connectivity index (χ4v) is 1.83. The Bertz CT molecular complexity index is 455. The fraction of sp³-hybridized carbons (Fsp3) is 0.462. The molecule has 19 heavy (non-hydrogen) atoms.